The van der Waals surface area contributed by atoms with Crippen LogP contribution in [0.2, 0.25) is 0 Å². The Bertz CT molecular complexity index is 859. The fourth-order valence-electron chi connectivity index (χ4n) is 3.22. The predicted molar refractivity (Wildman–Crippen MR) is 115 cm³/mol. The highest BCUT2D eigenvalue weighted by molar-refractivity contribution is 8.00. The van der Waals surface area contributed by atoms with Crippen molar-refractivity contribution in [2.45, 2.75) is 10.8 Å². The van der Waals surface area contributed by atoms with Crippen molar-refractivity contribution in [3.63, 3.8) is 0 Å². The van der Waals surface area contributed by atoms with E-state index in [0.29, 0.717) is 5.75 Å². The van der Waals surface area contributed by atoms with Crippen molar-refractivity contribution in [2.24, 2.45) is 11.5 Å². The van der Waals surface area contributed by atoms with E-state index in [4.69, 9.17) is 16.2 Å². The van der Waals surface area contributed by atoms with E-state index in [9.17, 15) is 4.79 Å². The standard InChI is InChI=1S/C23H24N2O2S/c1-27-20-14-12-19(13-15-20)23(17-8-4-2-5-9-17,18-10-6-3-7-11-18)28-16-21(24)22(25)26/h2-15,21H,16,24H2,1H3,(H2,25,26)/t21-/m0/s1. The Balaban J connectivity index is 2.20. The topological polar surface area (TPSA) is 78.3 Å². The van der Waals surface area contributed by atoms with Crippen molar-refractivity contribution in [1.82, 2.24) is 0 Å². The van der Waals surface area contributed by atoms with Crippen LogP contribution in [0.25, 0.3) is 0 Å². The molecule has 0 aliphatic heterocycles. The molecule has 5 heteroatoms. The Morgan fingerprint density at radius 1 is 0.893 bits per heavy atom. The first-order chi connectivity index (χ1) is 13.6. The number of benzene rings is 3. The van der Waals surface area contributed by atoms with Crippen LogP contribution in [-0.2, 0) is 9.54 Å². The SMILES string of the molecule is COc1ccc(C(SC[C@H](N)C(N)=O)(c2ccccc2)c2ccccc2)cc1. The molecule has 3 aromatic carbocycles. The molecule has 0 heterocycles. The van der Waals surface area contributed by atoms with E-state index >= 15 is 0 Å². The zero-order chi connectivity index (χ0) is 20.0. The lowest BCUT2D eigenvalue weighted by Crippen LogP contribution is -2.40. The molecule has 0 saturated heterocycles. The molecule has 0 bridgehead atoms. The van der Waals surface area contributed by atoms with Gasteiger partial charge in [0, 0.05) is 5.75 Å². The van der Waals surface area contributed by atoms with E-state index in [1.54, 1.807) is 18.9 Å². The maximum absolute atomic E-state index is 11.6. The highest BCUT2D eigenvalue weighted by Crippen LogP contribution is 2.48. The quantitative estimate of drug-likeness (QED) is 0.575. The Hall–Kier alpha value is -2.76. The average Bonchev–Trinajstić information content (AvgIpc) is 2.76. The lowest BCUT2D eigenvalue weighted by Gasteiger charge is -2.36. The van der Waals surface area contributed by atoms with Gasteiger partial charge in [-0.25, -0.2) is 0 Å². The van der Waals surface area contributed by atoms with Crippen molar-refractivity contribution in [3.05, 3.63) is 102 Å². The number of rotatable bonds is 8. The van der Waals surface area contributed by atoms with E-state index < -0.39 is 16.7 Å². The number of nitrogens with two attached hydrogens (primary N) is 2. The third kappa shape index (κ3) is 4.06. The van der Waals surface area contributed by atoms with Crippen LogP contribution in [0.4, 0.5) is 0 Å². The first-order valence-corrected chi connectivity index (χ1v) is 10.0. The van der Waals surface area contributed by atoms with E-state index in [0.717, 1.165) is 22.4 Å². The van der Waals surface area contributed by atoms with Crippen LogP contribution < -0.4 is 16.2 Å². The summed E-state index contributed by atoms with van der Waals surface area (Å²) < 4.78 is 4.80. The number of hydrogen-bond acceptors (Lipinski definition) is 4. The van der Waals surface area contributed by atoms with Crippen LogP contribution in [0.1, 0.15) is 16.7 Å². The second kappa shape index (κ2) is 8.95. The van der Waals surface area contributed by atoms with Gasteiger partial charge in [-0.3, -0.25) is 4.79 Å². The molecular weight excluding hydrogens is 368 g/mol. The van der Waals surface area contributed by atoms with Crippen LogP contribution in [0, 0.1) is 0 Å². The van der Waals surface area contributed by atoms with Crippen LogP contribution in [0.3, 0.4) is 0 Å². The second-order valence-electron chi connectivity index (χ2n) is 6.46. The Labute approximate surface area is 169 Å². The third-order valence-corrected chi connectivity index (χ3v) is 6.37. The van der Waals surface area contributed by atoms with Crippen molar-refractivity contribution >= 4 is 17.7 Å². The molecule has 0 aliphatic carbocycles. The van der Waals surface area contributed by atoms with Gasteiger partial charge < -0.3 is 16.2 Å². The first kappa shape index (κ1) is 20.0. The normalized spacial score (nSPS) is 12.4. The summed E-state index contributed by atoms with van der Waals surface area (Å²) in [5.74, 6) is 0.681. The third-order valence-electron chi connectivity index (χ3n) is 4.70. The molecule has 4 N–H and O–H groups in total. The van der Waals surface area contributed by atoms with Gasteiger partial charge in [-0.05, 0) is 28.8 Å². The van der Waals surface area contributed by atoms with Crippen LogP contribution in [-0.4, -0.2) is 24.8 Å². The molecule has 0 fully saturated rings. The molecule has 144 valence electrons. The van der Waals surface area contributed by atoms with Crippen molar-refractivity contribution in [1.29, 1.82) is 0 Å². The highest BCUT2D eigenvalue weighted by atomic mass is 32.2. The second-order valence-corrected chi connectivity index (χ2v) is 7.70. The van der Waals surface area contributed by atoms with Crippen LogP contribution >= 0.6 is 11.8 Å². The molecule has 0 radical (unpaired) electrons. The van der Waals surface area contributed by atoms with Gasteiger partial charge in [-0.2, -0.15) is 0 Å². The number of carbonyl (C=O) groups excluding carboxylic acids is 1. The predicted octanol–water partition coefficient (Wildman–Crippen LogP) is 3.53. The van der Waals surface area contributed by atoms with Crippen molar-refractivity contribution in [3.8, 4) is 5.75 Å². The van der Waals surface area contributed by atoms with Crippen molar-refractivity contribution < 1.29 is 9.53 Å². The van der Waals surface area contributed by atoms with Crippen LogP contribution in [0.15, 0.2) is 84.9 Å². The van der Waals surface area contributed by atoms with Gasteiger partial charge in [-0.1, -0.05) is 72.8 Å². The van der Waals surface area contributed by atoms with E-state index in [-0.39, 0.29) is 0 Å². The van der Waals surface area contributed by atoms with E-state index in [2.05, 4.69) is 36.4 Å². The average molecular weight is 393 g/mol. The molecule has 3 rings (SSSR count). The summed E-state index contributed by atoms with van der Waals surface area (Å²) in [5.41, 5.74) is 14.7. The lowest BCUT2D eigenvalue weighted by atomic mass is 9.84. The van der Waals surface area contributed by atoms with Gasteiger partial charge in [0.1, 0.15) is 5.75 Å². The van der Waals surface area contributed by atoms with Crippen LogP contribution in [0.5, 0.6) is 5.75 Å². The minimum atomic E-state index is -0.727. The van der Waals surface area contributed by atoms with Gasteiger partial charge in [0.15, 0.2) is 0 Å². The maximum atomic E-state index is 11.6. The molecule has 3 aromatic rings. The van der Waals surface area contributed by atoms with Crippen molar-refractivity contribution in [2.75, 3.05) is 12.9 Å². The molecule has 0 saturated carbocycles. The Kier molecular flexibility index (Phi) is 6.39. The van der Waals surface area contributed by atoms with E-state index in [1.807, 2.05) is 48.5 Å². The number of carbonyl (C=O) groups is 1. The highest BCUT2D eigenvalue weighted by Gasteiger charge is 2.37. The Morgan fingerprint density at radius 2 is 1.36 bits per heavy atom. The summed E-state index contributed by atoms with van der Waals surface area (Å²) in [6.07, 6.45) is 0. The fraction of sp³-hybridized carbons (Fsp3) is 0.174. The number of thioether (sulfide) groups is 1. The Morgan fingerprint density at radius 3 is 1.79 bits per heavy atom. The monoisotopic (exact) mass is 392 g/mol. The molecule has 0 aromatic heterocycles. The summed E-state index contributed by atoms with van der Waals surface area (Å²) in [7, 11) is 1.65. The maximum Gasteiger partial charge on any atom is 0.235 e. The van der Waals surface area contributed by atoms with E-state index in [1.165, 1.54) is 0 Å². The van der Waals surface area contributed by atoms with Gasteiger partial charge in [-0.15, -0.1) is 11.8 Å². The first-order valence-electron chi connectivity index (χ1n) is 9.02. The summed E-state index contributed by atoms with van der Waals surface area (Å²) in [6, 6.07) is 27.7. The summed E-state index contributed by atoms with van der Waals surface area (Å²) >= 11 is 1.61. The zero-order valence-electron chi connectivity index (χ0n) is 15.7. The number of methoxy groups -OCH3 is 1. The molecule has 0 spiro atoms. The summed E-state index contributed by atoms with van der Waals surface area (Å²) in [5, 5.41) is 0. The molecule has 4 nitrogen and oxygen atoms in total. The number of hydrogen-bond donors (Lipinski definition) is 2. The molecule has 0 unspecified atom stereocenters. The molecule has 28 heavy (non-hydrogen) atoms. The summed E-state index contributed by atoms with van der Waals surface area (Å²) in [4.78, 5) is 11.6. The van der Waals surface area contributed by atoms with Gasteiger partial charge >= 0.3 is 0 Å². The van der Waals surface area contributed by atoms with Gasteiger partial charge in [0.2, 0.25) is 5.91 Å². The van der Waals surface area contributed by atoms with Gasteiger partial charge in [0.25, 0.3) is 0 Å². The minimum Gasteiger partial charge on any atom is -0.497 e. The zero-order valence-corrected chi connectivity index (χ0v) is 16.6. The largest absolute Gasteiger partial charge is 0.497 e. The fourth-order valence-corrected chi connectivity index (χ4v) is 4.72. The number of primary amides is 1. The number of ether oxygens (including phenoxy) is 1. The summed E-state index contributed by atoms with van der Waals surface area (Å²) in [6.45, 7) is 0. The molecule has 1 atom stereocenters. The number of amides is 1. The minimum absolute atomic E-state index is 0.394. The molecule has 0 aliphatic rings. The smallest absolute Gasteiger partial charge is 0.235 e. The molecule has 1 amide bonds. The van der Waals surface area contributed by atoms with Gasteiger partial charge in [0.05, 0.1) is 17.9 Å². The lowest BCUT2D eigenvalue weighted by molar-refractivity contribution is -0.118. The molecular formula is C23H24N2O2S.